The summed E-state index contributed by atoms with van der Waals surface area (Å²) >= 11 is 3.42. The number of hydrogen-bond acceptors (Lipinski definition) is 2. The van der Waals surface area contributed by atoms with Crippen LogP contribution in [0.25, 0.3) is 0 Å². The summed E-state index contributed by atoms with van der Waals surface area (Å²) < 4.78 is 2.84. The molecule has 1 heterocycles. The molecule has 4 nitrogen and oxygen atoms in total. The van der Waals surface area contributed by atoms with Crippen molar-refractivity contribution in [2.24, 2.45) is 0 Å². The molecule has 112 valence electrons. The van der Waals surface area contributed by atoms with Crippen LogP contribution in [0.2, 0.25) is 0 Å². The van der Waals surface area contributed by atoms with Crippen LogP contribution in [0.1, 0.15) is 35.9 Å². The van der Waals surface area contributed by atoms with E-state index in [2.05, 4.69) is 15.9 Å². The summed E-state index contributed by atoms with van der Waals surface area (Å²) in [4.78, 5) is 14.2. The zero-order valence-electron chi connectivity index (χ0n) is 12.4. The Kier molecular flexibility index (Phi) is 4.73. The van der Waals surface area contributed by atoms with Gasteiger partial charge in [0.25, 0.3) is 5.91 Å². The van der Waals surface area contributed by atoms with Crippen LogP contribution >= 0.6 is 15.9 Å². The maximum Gasteiger partial charge on any atom is 0.270 e. The first-order valence-electron chi connectivity index (χ1n) is 6.79. The normalized spacial score (nSPS) is 10.9. The number of benzene rings is 1. The molecule has 0 spiro atoms. The molecule has 2 aromatic rings. The van der Waals surface area contributed by atoms with E-state index >= 15 is 0 Å². The van der Waals surface area contributed by atoms with Crippen molar-refractivity contribution in [1.29, 1.82) is 0 Å². The van der Waals surface area contributed by atoms with Crippen molar-refractivity contribution in [3.8, 4) is 5.75 Å². The third-order valence-corrected chi connectivity index (χ3v) is 3.70. The summed E-state index contributed by atoms with van der Waals surface area (Å²) in [5.74, 6) is 0.166. The minimum Gasteiger partial charge on any atom is -0.508 e. The highest BCUT2D eigenvalue weighted by Gasteiger charge is 2.18. The first-order chi connectivity index (χ1) is 9.88. The van der Waals surface area contributed by atoms with E-state index in [0.29, 0.717) is 12.2 Å². The van der Waals surface area contributed by atoms with Crippen molar-refractivity contribution in [2.75, 3.05) is 7.05 Å². The van der Waals surface area contributed by atoms with Crippen molar-refractivity contribution in [1.82, 2.24) is 9.47 Å². The molecule has 0 bridgehead atoms. The monoisotopic (exact) mass is 350 g/mol. The van der Waals surface area contributed by atoms with Gasteiger partial charge in [-0.05, 0) is 53.5 Å². The molecular weight excluding hydrogens is 332 g/mol. The Balaban J connectivity index is 2.20. The summed E-state index contributed by atoms with van der Waals surface area (Å²) in [6, 6.07) is 9.00. The molecule has 1 aromatic heterocycles. The van der Waals surface area contributed by atoms with Crippen molar-refractivity contribution >= 4 is 21.8 Å². The zero-order valence-corrected chi connectivity index (χ0v) is 14.0. The molecular formula is C16H19BrN2O2. The quantitative estimate of drug-likeness (QED) is 0.911. The molecule has 1 N–H and O–H groups in total. The number of aromatic hydroxyl groups is 1. The number of hydrogen-bond donors (Lipinski definition) is 1. The first-order valence-corrected chi connectivity index (χ1v) is 7.58. The van der Waals surface area contributed by atoms with Crippen LogP contribution in [0, 0.1) is 0 Å². The molecule has 1 amide bonds. The smallest absolute Gasteiger partial charge is 0.270 e. The molecule has 0 aliphatic carbocycles. The van der Waals surface area contributed by atoms with E-state index in [9.17, 15) is 9.90 Å². The van der Waals surface area contributed by atoms with Crippen LogP contribution in [0.3, 0.4) is 0 Å². The summed E-state index contributed by atoms with van der Waals surface area (Å²) in [6.07, 6.45) is 1.92. The Morgan fingerprint density at radius 2 is 2.10 bits per heavy atom. The summed E-state index contributed by atoms with van der Waals surface area (Å²) in [5.41, 5.74) is 1.55. The molecule has 0 unspecified atom stereocenters. The van der Waals surface area contributed by atoms with E-state index in [4.69, 9.17) is 0 Å². The van der Waals surface area contributed by atoms with E-state index < -0.39 is 0 Å². The Hall–Kier alpha value is -1.75. The van der Waals surface area contributed by atoms with Crippen molar-refractivity contribution < 1.29 is 9.90 Å². The van der Waals surface area contributed by atoms with Gasteiger partial charge in [-0.1, -0.05) is 12.1 Å². The largest absolute Gasteiger partial charge is 0.508 e. The number of amides is 1. The molecule has 1 aromatic carbocycles. The number of carbonyl (C=O) groups excluding carboxylic acids is 1. The van der Waals surface area contributed by atoms with Crippen molar-refractivity contribution in [3.63, 3.8) is 0 Å². The molecule has 2 rings (SSSR count). The molecule has 0 fully saturated rings. The van der Waals surface area contributed by atoms with E-state index in [1.807, 2.05) is 36.7 Å². The van der Waals surface area contributed by atoms with Gasteiger partial charge in [-0.2, -0.15) is 0 Å². The fourth-order valence-corrected chi connectivity index (χ4v) is 2.68. The van der Waals surface area contributed by atoms with Gasteiger partial charge in [0, 0.05) is 30.3 Å². The van der Waals surface area contributed by atoms with Gasteiger partial charge in [-0.25, -0.2) is 0 Å². The molecule has 0 aliphatic rings. The minimum absolute atomic E-state index is 0.0438. The SMILES string of the molecule is CC(C)n1cc(Br)cc1C(=O)N(C)Cc1cccc(O)c1. The zero-order chi connectivity index (χ0) is 15.6. The van der Waals surface area contributed by atoms with Crippen LogP contribution in [-0.4, -0.2) is 27.5 Å². The highest BCUT2D eigenvalue weighted by atomic mass is 79.9. The fraction of sp³-hybridized carbons (Fsp3) is 0.312. The summed E-state index contributed by atoms with van der Waals surface area (Å²) in [6.45, 7) is 4.53. The van der Waals surface area contributed by atoms with Gasteiger partial charge in [-0.15, -0.1) is 0 Å². The second kappa shape index (κ2) is 6.35. The van der Waals surface area contributed by atoms with Gasteiger partial charge >= 0.3 is 0 Å². The van der Waals surface area contributed by atoms with Crippen molar-refractivity contribution in [2.45, 2.75) is 26.4 Å². The van der Waals surface area contributed by atoms with Gasteiger partial charge in [0.15, 0.2) is 0 Å². The van der Waals surface area contributed by atoms with E-state index in [-0.39, 0.29) is 17.7 Å². The second-order valence-electron chi connectivity index (χ2n) is 5.38. The lowest BCUT2D eigenvalue weighted by Crippen LogP contribution is -2.28. The van der Waals surface area contributed by atoms with Crippen LogP contribution in [0.4, 0.5) is 0 Å². The van der Waals surface area contributed by atoms with Gasteiger partial charge in [0.2, 0.25) is 0 Å². The Morgan fingerprint density at radius 3 is 2.71 bits per heavy atom. The highest BCUT2D eigenvalue weighted by molar-refractivity contribution is 9.10. The Bertz CT molecular complexity index is 649. The Labute approximate surface area is 133 Å². The highest BCUT2D eigenvalue weighted by Crippen LogP contribution is 2.21. The van der Waals surface area contributed by atoms with Crippen molar-refractivity contribution in [3.05, 3.63) is 52.3 Å². The number of phenols is 1. The molecule has 0 atom stereocenters. The number of halogens is 1. The minimum atomic E-state index is -0.0438. The lowest BCUT2D eigenvalue weighted by atomic mass is 10.2. The van der Waals surface area contributed by atoms with Crippen LogP contribution in [0.15, 0.2) is 41.0 Å². The lowest BCUT2D eigenvalue weighted by Gasteiger charge is -2.20. The molecule has 0 aliphatic heterocycles. The fourth-order valence-electron chi connectivity index (χ4n) is 2.24. The molecule has 0 saturated heterocycles. The van der Waals surface area contributed by atoms with E-state index in [1.165, 1.54) is 0 Å². The average Bonchev–Trinajstić information content (AvgIpc) is 2.80. The summed E-state index contributed by atoms with van der Waals surface area (Å²) in [7, 11) is 1.76. The topological polar surface area (TPSA) is 45.5 Å². The Morgan fingerprint density at radius 1 is 1.38 bits per heavy atom. The number of aromatic nitrogens is 1. The van der Waals surface area contributed by atoms with Crippen LogP contribution < -0.4 is 0 Å². The van der Waals surface area contributed by atoms with E-state index in [1.54, 1.807) is 30.1 Å². The van der Waals surface area contributed by atoms with Crippen LogP contribution in [-0.2, 0) is 6.54 Å². The predicted octanol–water partition coefficient (Wildman–Crippen LogP) is 3.81. The number of phenolic OH excluding ortho intramolecular Hbond substituents is 1. The third-order valence-electron chi connectivity index (χ3n) is 3.27. The standard InChI is InChI=1S/C16H19BrN2O2/c1-11(2)19-10-13(17)8-15(19)16(21)18(3)9-12-5-4-6-14(20)7-12/h4-8,10-11,20H,9H2,1-3H3. The van der Waals surface area contributed by atoms with Gasteiger partial charge in [0.1, 0.15) is 11.4 Å². The maximum absolute atomic E-state index is 12.6. The number of rotatable bonds is 4. The molecule has 0 radical (unpaired) electrons. The number of carbonyl (C=O) groups is 1. The van der Waals surface area contributed by atoms with Gasteiger partial charge < -0.3 is 14.6 Å². The van der Waals surface area contributed by atoms with Gasteiger partial charge in [-0.3, -0.25) is 4.79 Å². The molecule has 0 saturated carbocycles. The predicted molar refractivity (Wildman–Crippen MR) is 86.4 cm³/mol. The number of nitrogens with zero attached hydrogens (tertiary/aromatic N) is 2. The second-order valence-corrected chi connectivity index (χ2v) is 6.29. The average molecular weight is 351 g/mol. The molecule has 5 heteroatoms. The molecule has 21 heavy (non-hydrogen) atoms. The van der Waals surface area contributed by atoms with Gasteiger partial charge in [0.05, 0.1) is 0 Å². The summed E-state index contributed by atoms with van der Waals surface area (Å²) in [5, 5.41) is 9.49. The third kappa shape index (κ3) is 3.67. The first kappa shape index (κ1) is 15.6. The van der Waals surface area contributed by atoms with E-state index in [0.717, 1.165) is 10.0 Å². The lowest BCUT2D eigenvalue weighted by molar-refractivity contribution is 0.0772. The maximum atomic E-state index is 12.6. The van der Waals surface area contributed by atoms with Crippen LogP contribution in [0.5, 0.6) is 5.75 Å².